The van der Waals surface area contributed by atoms with Crippen LogP contribution in [0.1, 0.15) is 30.5 Å². The monoisotopic (exact) mass is 542 g/mol. The van der Waals surface area contributed by atoms with Crippen LogP contribution in [0.4, 0.5) is 16.4 Å². The molecule has 208 valence electrons. The van der Waals surface area contributed by atoms with Gasteiger partial charge in [-0.25, -0.2) is 9.78 Å². The van der Waals surface area contributed by atoms with Gasteiger partial charge in [0.25, 0.3) is 0 Å². The van der Waals surface area contributed by atoms with Gasteiger partial charge in [0.1, 0.15) is 18.2 Å². The molecule has 1 amide bonds. The number of benzene rings is 1. The lowest BCUT2D eigenvalue weighted by atomic mass is 10.0. The summed E-state index contributed by atoms with van der Waals surface area (Å²) in [5.74, 6) is 1.72. The number of likely N-dealkylation sites (tertiary alicyclic amines) is 1. The van der Waals surface area contributed by atoms with Crippen LogP contribution in [0.3, 0.4) is 0 Å². The molecule has 1 N–H and O–H groups in total. The summed E-state index contributed by atoms with van der Waals surface area (Å²) in [5.41, 5.74) is 1.96. The van der Waals surface area contributed by atoms with Crippen LogP contribution in [0.25, 0.3) is 10.8 Å². The Morgan fingerprint density at radius 1 is 1.10 bits per heavy atom. The molecule has 0 saturated carbocycles. The summed E-state index contributed by atoms with van der Waals surface area (Å²) < 4.78 is 6.22. The maximum Gasteiger partial charge on any atom is 0.407 e. The van der Waals surface area contributed by atoms with Crippen LogP contribution in [-0.4, -0.2) is 94.4 Å². The third-order valence-electron chi connectivity index (χ3n) is 8.41. The van der Waals surface area contributed by atoms with Gasteiger partial charge >= 0.3 is 12.1 Å². The fraction of sp³-hybridized carbons (Fsp3) is 0.483. The lowest BCUT2D eigenvalue weighted by Crippen LogP contribution is -2.55. The third kappa shape index (κ3) is 5.07. The first kappa shape index (κ1) is 26.1. The Balaban J connectivity index is 1.33. The second-order valence-corrected chi connectivity index (χ2v) is 10.8. The molecule has 11 heteroatoms. The van der Waals surface area contributed by atoms with Crippen molar-refractivity contribution in [3.63, 3.8) is 0 Å². The number of carbonyl (C=O) groups is 1. The van der Waals surface area contributed by atoms with Crippen LogP contribution in [0, 0.1) is 11.3 Å². The number of rotatable bonds is 6. The van der Waals surface area contributed by atoms with E-state index in [4.69, 9.17) is 19.7 Å². The Bertz CT molecular complexity index is 1440. The number of piperazine rings is 1. The molecule has 3 aromatic rings. The molecule has 0 unspecified atom stereocenters. The number of pyridine rings is 1. The molecule has 2 aromatic heterocycles. The number of carboxylic acid groups (broad SMARTS) is 1. The lowest BCUT2D eigenvalue weighted by Gasteiger charge is -2.41. The highest BCUT2D eigenvalue weighted by atomic mass is 16.5. The van der Waals surface area contributed by atoms with E-state index in [1.165, 1.54) is 4.90 Å². The van der Waals surface area contributed by atoms with Crippen molar-refractivity contribution >= 4 is 28.5 Å². The number of fused-ring (bicyclic) bond motifs is 2. The lowest BCUT2D eigenvalue weighted by molar-refractivity contribution is 0.119. The Kier molecular flexibility index (Phi) is 7.26. The maximum atomic E-state index is 11.8. The van der Waals surface area contributed by atoms with Crippen LogP contribution >= 0.6 is 0 Å². The average molecular weight is 543 g/mol. The molecule has 0 radical (unpaired) electrons. The van der Waals surface area contributed by atoms with E-state index < -0.39 is 12.1 Å². The highest BCUT2D eigenvalue weighted by Gasteiger charge is 2.34. The summed E-state index contributed by atoms with van der Waals surface area (Å²) in [7, 11) is 2.12. The molecule has 1 aromatic carbocycles. The summed E-state index contributed by atoms with van der Waals surface area (Å²) in [6.45, 7) is 4.13. The van der Waals surface area contributed by atoms with Crippen molar-refractivity contribution in [3.05, 3.63) is 47.8 Å². The van der Waals surface area contributed by atoms with Gasteiger partial charge in [0, 0.05) is 49.4 Å². The zero-order chi connectivity index (χ0) is 27.6. The van der Waals surface area contributed by atoms with Crippen LogP contribution in [0.15, 0.2) is 36.5 Å². The molecule has 3 aliphatic rings. The molecule has 0 aliphatic carbocycles. The molecule has 2 fully saturated rings. The first-order valence-electron chi connectivity index (χ1n) is 13.9. The van der Waals surface area contributed by atoms with Crippen LogP contribution in [0.5, 0.6) is 6.01 Å². The van der Waals surface area contributed by atoms with Gasteiger partial charge in [-0.05, 0) is 44.3 Å². The minimum absolute atomic E-state index is 0.133. The molecular formula is C29H34N8O3. The van der Waals surface area contributed by atoms with E-state index >= 15 is 0 Å². The number of ether oxygens (including phenoxy) is 1. The van der Waals surface area contributed by atoms with E-state index in [9.17, 15) is 15.2 Å². The summed E-state index contributed by atoms with van der Waals surface area (Å²) in [5, 5.41) is 21.3. The van der Waals surface area contributed by atoms with Crippen LogP contribution in [0.2, 0.25) is 0 Å². The fourth-order valence-corrected chi connectivity index (χ4v) is 6.19. The quantitative estimate of drug-likeness (QED) is 0.497. The van der Waals surface area contributed by atoms with Crippen LogP contribution in [-0.2, 0) is 13.0 Å². The summed E-state index contributed by atoms with van der Waals surface area (Å²) in [6.07, 6.45) is 3.95. The third-order valence-corrected chi connectivity index (χ3v) is 8.41. The minimum Gasteiger partial charge on any atom is -0.465 e. The standard InChI is InChI=1S/C29H34N8O3/c1-34-13-4-6-22(34)19-40-28-32-25-18-35(26-23-7-3-2-5-20(23)9-12-31-26)14-10-24(25)27(33-28)36-15-16-37(29(38)39)21(17-36)8-11-30/h2-3,5,7,9,12,21-22H,4,6,8,10,13-19H2,1H3,(H,38,39)/t21-,22-/m0/s1. The number of nitriles is 1. The second-order valence-electron chi connectivity index (χ2n) is 10.8. The first-order chi connectivity index (χ1) is 19.5. The van der Waals surface area contributed by atoms with Crippen molar-refractivity contribution in [2.24, 2.45) is 0 Å². The van der Waals surface area contributed by atoms with Gasteiger partial charge in [0.2, 0.25) is 0 Å². The highest BCUT2D eigenvalue weighted by Crippen LogP contribution is 2.34. The molecule has 0 bridgehead atoms. The van der Waals surface area contributed by atoms with E-state index in [1.54, 1.807) is 0 Å². The van der Waals surface area contributed by atoms with Crippen LogP contribution < -0.4 is 14.5 Å². The number of nitrogens with zero attached hydrogens (tertiary/aromatic N) is 8. The summed E-state index contributed by atoms with van der Waals surface area (Å²) >= 11 is 0. The van der Waals surface area contributed by atoms with E-state index in [2.05, 4.69) is 39.9 Å². The molecule has 2 saturated heterocycles. The minimum atomic E-state index is -0.993. The van der Waals surface area contributed by atoms with Crippen molar-refractivity contribution < 1.29 is 14.6 Å². The van der Waals surface area contributed by atoms with Gasteiger partial charge in [-0.3, -0.25) is 0 Å². The van der Waals surface area contributed by atoms with E-state index in [1.807, 2.05) is 24.4 Å². The number of hydrogen-bond acceptors (Lipinski definition) is 9. The predicted octanol–water partition coefficient (Wildman–Crippen LogP) is 3.14. The van der Waals surface area contributed by atoms with E-state index in [0.717, 1.165) is 66.0 Å². The predicted molar refractivity (Wildman–Crippen MR) is 151 cm³/mol. The second kappa shape index (κ2) is 11.1. The molecule has 2 atom stereocenters. The molecule has 5 heterocycles. The number of anilines is 2. The highest BCUT2D eigenvalue weighted by molar-refractivity contribution is 5.92. The fourth-order valence-electron chi connectivity index (χ4n) is 6.19. The molecule has 0 spiro atoms. The van der Waals surface area contributed by atoms with Crippen molar-refractivity contribution in [2.45, 2.75) is 44.3 Å². The number of aromatic nitrogens is 3. The van der Waals surface area contributed by atoms with Crippen molar-refractivity contribution in [1.82, 2.24) is 24.8 Å². The number of hydrogen-bond donors (Lipinski definition) is 1. The van der Waals surface area contributed by atoms with Gasteiger partial charge in [0.15, 0.2) is 0 Å². The summed E-state index contributed by atoms with van der Waals surface area (Å²) in [6, 6.07) is 12.7. The average Bonchev–Trinajstić information content (AvgIpc) is 3.39. The number of likely N-dealkylation sites (N-methyl/N-ethyl adjacent to an activating group) is 1. The van der Waals surface area contributed by atoms with Crippen molar-refractivity contribution in [3.8, 4) is 12.1 Å². The molecule has 11 nitrogen and oxygen atoms in total. The molecular weight excluding hydrogens is 508 g/mol. The Hall–Kier alpha value is -4.17. The Morgan fingerprint density at radius 2 is 1.98 bits per heavy atom. The van der Waals surface area contributed by atoms with Gasteiger partial charge in [0.05, 0.1) is 30.8 Å². The number of amides is 1. The zero-order valence-corrected chi connectivity index (χ0v) is 22.7. The largest absolute Gasteiger partial charge is 0.465 e. The van der Waals surface area contributed by atoms with Gasteiger partial charge < -0.3 is 29.4 Å². The van der Waals surface area contributed by atoms with E-state index in [-0.39, 0.29) is 6.42 Å². The normalized spacial score (nSPS) is 21.4. The Morgan fingerprint density at radius 3 is 2.77 bits per heavy atom. The smallest absolute Gasteiger partial charge is 0.407 e. The first-order valence-corrected chi connectivity index (χ1v) is 13.9. The molecule has 3 aliphatic heterocycles. The maximum absolute atomic E-state index is 11.8. The molecule has 6 rings (SSSR count). The zero-order valence-electron chi connectivity index (χ0n) is 22.7. The Labute approximate surface area is 233 Å². The van der Waals surface area contributed by atoms with Gasteiger partial charge in [-0.2, -0.15) is 15.2 Å². The van der Waals surface area contributed by atoms with Crippen molar-refractivity contribution in [2.75, 3.05) is 56.2 Å². The SMILES string of the molecule is CN1CCC[C@H]1COc1nc2c(c(N3CCN(C(=O)O)[C@@H](CC#N)C3)n1)CCN(c1nccc3ccccc13)C2. The summed E-state index contributed by atoms with van der Waals surface area (Å²) in [4.78, 5) is 34.4. The molecule has 40 heavy (non-hydrogen) atoms. The van der Waals surface area contributed by atoms with Crippen molar-refractivity contribution in [1.29, 1.82) is 5.26 Å². The van der Waals surface area contributed by atoms with Gasteiger partial charge in [-0.1, -0.05) is 24.3 Å². The van der Waals surface area contributed by atoms with Gasteiger partial charge in [-0.15, -0.1) is 0 Å². The topological polar surface area (TPSA) is 122 Å². The van der Waals surface area contributed by atoms with E-state index in [0.29, 0.717) is 44.8 Å².